The van der Waals surface area contributed by atoms with Gasteiger partial charge in [-0.25, -0.2) is 4.79 Å². The first kappa shape index (κ1) is 8.81. The van der Waals surface area contributed by atoms with E-state index < -0.39 is 5.97 Å². The van der Waals surface area contributed by atoms with Crippen LogP contribution in [0.5, 0.6) is 0 Å². The number of halogens is 1. The van der Waals surface area contributed by atoms with E-state index in [-0.39, 0.29) is 0 Å². The van der Waals surface area contributed by atoms with Gasteiger partial charge in [-0.1, -0.05) is 29.8 Å². The molecule has 0 unspecified atom stereocenters. The lowest BCUT2D eigenvalue weighted by Gasteiger charge is -1.96. The number of rotatable bonds is 2. The predicted octanol–water partition coefficient (Wildman–Crippen LogP) is 2.55. The van der Waals surface area contributed by atoms with Crippen molar-refractivity contribution < 1.29 is 9.53 Å². The molecule has 0 fully saturated rings. The third-order valence-corrected chi connectivity index (χ3v) is 1.34. The molecule has 0 atom stereocenters. The van der Waals surface area contributed by atoms with E-state index in [1.165, 1.54) is 0 Å². The largest absolute Gasteiger partial charge is 0.430 e. The molecule has 62 valence electrons. The molecule has 0 saturated heterocycles. The van der Waals surface area contributed by atoms with Crippen LogP contribution in [0.4, 0.5) is 0 Å². The Labute approximate surface area is 75.4 Å². The van der Waals surface area contributed by atoms with Gasteiger partial charge in [-0.2, -0.15) is 0 Å². The topological polar surface area (TPSA) is 26.3 Å². The molecule has 0 bridgehead atoms. The van der Waals surface area contributed by atoms with Gasteiger partial charge in [-0.15, -0.1) is 0 Å². The SMILES string of the molecule is O=C(OC=CCl)c1ccccc1. The van der Waals surface area contributed by atoms with Crippen LogP contribution >= 0.6 is 11.6 Å². The molecule has 1 aromatic rings. The van der Waals surface area contributed by atoms with Gasteiger partial charge in [-0.05, 0) is 12.1 Å². The average Bonchev–Trinajstić information content (AvgIpc) is 2.15. The zero-order chi connectivity index (χ0) is 8.81. The molecule has 3 heteroatoms. The number of carbonyl (C=O) groups excluding carboxylic acids is 1. The summed E-state index contributed by atoms with van der Waals surface area (Å²) in [6.45, 7) is 0. The van der Waals surface area contributed by atoms with Gasteiger partial charge >= 0.3 is 5.97 Å². The third-order valence-electron chi connectivity index (χ3n) is 1.24. The summed E-state index contributed by atoms with van der Waals surface area (Å²) in [4.78, 5) is 11.1. The van der Waals surface area contributed by atoms with Gasteiger partial charge in [0.05, 0.1) is 5.56 Å². The number of benzene rings is 1. The van der Waals surface area contributed by atoms with Crippen molar-refractivity contribution in [2.75, 3.05) is 0 Å². The highest BCUT2D eigenvalue weighted by atomic mass is 35.5. The lowest BCUT2D eigenvalue weighted by Crippen LogP contribution is -1.99. The molecule has 0 radical (unpaired) electrons. The Kier molecular flexibility index (Phi) is 3.35. The molecular formula is C9H7ClO2. The lowest BCUT2D eigenvalue weighted by atomic mass is 10.2. The molecule has 0 aromatic heterocycles. The standard InChI is InChI=1S/C9H7ClO2/c10-6-7-12-9(11)8-4-2-1-3-5-8/h1-7H. The molecule has 0 N–H and O–H groups in total. The molecule has 0 aliphatic rings. The maximum atomic E-state index is 11.1. The van der Waals surface area contributed by atoms with Gasteiger partial charge in [0.2, 0.25) is 0 Å². The zero-order valence-electron chi connectivity index (χ0n) is 6.24. The first-order chi connectivity index (χ1) is 5.84. The molecule has 0 aliphatic heterocycles. The minimum Gasteiger partial charge on any atom is -0.430 e. The van der Waals surface area contributed by atoms with Crippen molar-refractivity contribution in [3.63, 3.8) is 0 Å². The third kappa shape index (κ3) is 2.40. The first-order valence-electron chi connectivity index (χ1n) is 3.36. The summed E-state index contributed by atoms with van der Waals surface area (Å²) in [6.07, 6.45) is 1.14. The molecule has 0 aliphatic carbocycles. The fraction of sp³-hybridized carbons (Fsp3) is 0. The van der Waals surface area contributed by atoms with Crippen molar-refractivity contribution in [3.8, 4) is 0 Å². The van der Waals surface area contributed by atoms with Crippen molar-refractivity contribution in [2.45, 2.75) is 0 Å². The highest BCUT2D eigenvalue weighted by molar-refractivity contribution is 6.25. The molecule has 0 heterocycles. The van der Waals surface area contributed by atoms with E-state index >= 15 is 0 Å². The second kappa shape index (κ2) is 4.57. The van der Waals surface area contributed by atoms with Crippen LogP contribution in [0, 0.1) is 0 Å². The van der Waals surface area contributed by atoms with E-state index in [9.17, 15) is 4.79 Å². The summed E-state index contributed by atoms with van der Waals surface area (Å²) in [5.41, 5.74) is 1.65. The Morgan fingerprint density at radius 3 is 2.58 bits per heavy atom. The van der Waals surface area contributed by atoms with Crippen LogP contribution in [0.3, 0.4) is 0 Å². The van der Waals surface area contributed by atoms with Gasteiger partial charge in [0.25, 0.3) is 0 Å². The molecule has 1 aromatic carbocycles. The highest BCUT2D eigenvalue weighted by Crippen LogP contribution is 2.01. The normalized spacial score (nSPS) is 10.1. The molecular weight excluding hydrogens is 176 g/mol. The van der Waals surface area contributed by atoms with Crippen molar-refractivity contribution in [1.82, 2.24) is 0 Å². The Morgan fingerprint density at radius 2 is 2.00 bits per heavy atom. The molecule has 0 saturated carbocycles. The van der Waals surface area contributed by atoms with Crippen molar-refractivity contribution in [3.05, 3.63) is 47.7 Å². The number of ether oxygens (including phenoxy) is 1. The van der Waals surface area contributed by atoms with Gasteiger partial charge in [0.1, 0.15) is 6.26 Å². The lowest BCUT2D eigenvalue weighted by molar-refractivity contribution is 0.0663. The minimum absolute atomic E-state index is 0.410. The van der Waals surface area contributed by atoms with E-state index in [1.807, 2.05) is 6.07 Å². The first-order valence-corrected chi connectivity index (χ1v) is 3.79. The molecule has 2 nitrogen and oxygen atoms in total. The Bertz CT molecular complexity index is 280. The van der Waals surface area contributed by atoms with Crippen LogP contribution < -0.4 is 0 Å². The molecule has 0 spiro atoms. The van der Waals surface area contributed by atoms with E-state index in [4.69, 9.17) is 11.6 Å². The summed E-state index contributed by atoms with van der Waals surface area (Å²) < 4.78 is 4.63. The fourth-order valence-electron chi connectivity index (χ4n) is 0.730. The molecule has 1 rings (SSSR count). The zero-order valence-corrected chi connectivity index (χ0v) is 6.99. The summed E-state index contributed by atoms with van der Waals surface area (Å²) in [5.74, 6) is -0.410. The number of hydrogen-bond acceptors (Lipinski definition) is 2. The summed E-state index contributed by atoms with van der Waals surface area (Å²) >= 11 is 5.18. The molecule has 0 amide bonds. The summed E-state index contributed by atoms with van der Waals surface area (Å²) in [7, 11) is 0. The van der Waals surface area contributed by atoms with E-state index in [1.54, 1.807) is 24.3 Å². The fourth-order valence-corrected chi connectivity index (χ4v) is 0.781. The van der Waals surface area contributed by atoms with Gasteiger partial charge in [0, 0.05) is 5.54 Å². The smallest absolute Gasteiger partial charge is 0.342 e. The van der Waals surface area contributed by atoms with Crippen molar-refractivity contribution >= 4 is 17.6 Å². The van der Waals surface area contributed by atoms with E-state index in [0.717, 1.165) is 11.8 Å². The summed E-state index contributed by atoms with van der Waals surface area (Å²) in [6, 6.07) is 8.70. The number of carbonyl (C=O) groups is 1. The van der Waals surface area contributed by atoms with Gasteiger partial charge < -0.3 is 4.74 Å². The van der Waals surface area contributed by atoms with Crippen molar-refractivity contribution in [1.29, 1.82) is 0 Å². The maximum absolute atomic E-state index is 11.1. The van der Waals surface area contributed by atoms with Crippen LogP contribution in [0.25, 0.3) is 0 Å². The summed E-state index contributed by atoms with van der Waals surface area (Å²) in [5, 5.41) is 0. The maximum Gasteiger partial charge on any atom is 0.342 e. The van der Waals surface area contributed by atoms with Crippen LogP contribution in [-0.2, 0) is 4.74 Å². The quantitative estimate of drug-likeness (QED) is 0.519. The Morgan fingerprint density at radius 1 is 1.33 bits per heavy atom. The van der Waals surface area contributed by atoms with E-state index in [2.05, 4.69) is 4.74 Å². The van der Waals surface area contributed by atoms with E-state index in [0.29, 0.717) is 5.56 Å². The van der Waals surface area contributed by atoms with Crippen molar-refractivity contribution in [2.24, 2.45) is 0 Å². The Hall–Kier alpha value is -1.28. The van der Waals surface area contributed by atoms with Crippen LogP contribution in [-0.4, -0.2) is 5.97 Å². The van der Waals surface area contributed by atoms with Crippen LogP contribution in [0.1, 0.15) is 10.4 Å². The Balaban J connectivity index is 2.66. The number of esters is 1. The second-order valence-corrected chi connectivity index (χ2v) is 2.29. The number of hydrogen-bond donors (Lipinski definition) is 0. The second-order valence-electron chi connectivity index (χ2n) is 2.03. The minimum atomic E-state index is -0.410. The molecule has 12 heavy (non-hydrogen) atoms. The highest BCUT2D eigenvalue weighted by Gasteiger charge is 2.02. The average molecular weight is 183 g/mol. The van der Waals surface area contributed by atoms with Gasteiger partial charge in [0.15, 0.2) is 0 Å². The van der Waals surface area contributed by atoms with Gasteiger partial charge in [-0.3, -0.25) is 0 Å². The van der Waals surface area contributed by atoms with Crippen LogP contribution in [0.15, 0.2) is 42.1 Å². The van der Waals surface area contributed by atoms with Crippen LogP contribution in [0.2, 0.25) is 0 Å². The predicted molar refractivity (Wildman–Crippen MR) is 46.9 cm³/mol. The monoisotopic (exact) mass is 182 g/mol.